The molecule has 1 aliphatic heterocycles. The zero-order chi connectivity index (χ0) is 20.9. The van der Waals surface area contributed by atoms with Gasteiger partial charge in [-0.1, -0.05) is 42.3 Å². The highest BCUT2D eigenvalue weighted by atomic mass is 35.5. The zero-order valence-corrected chi connectivity index (χ0v) is 17.9. The van der Waals surface area contributed by atoms with E-state index >= 15 is 0 Å². The highest BCUT2D eigenvalue weighted by Gasteiger charge is 2.20. The van der Waals surface area contributed by atoms with Crippen molar-refractivity contribution in [2.75, 3.05) is 18.4 Å². The van der Waals surface area contributed by atoms with E-state index in [9.17, 15) is 4.79 Å². The van der Waals surface area contributed by atoms with Gasteiger partial charge >= 0.3 is 0 Å². The van der Waals surface area contributed by atoms with Crippen molar-refractivity contribution in [2.45, 2.75) is 32.1 Å². The Morgan fingerprint density at radius 3 is 2.83 bits per heavy atom. The minimum absolute atomic E-state index is 0.140. The van der Waals surface area contributed by atoms with Crippen LogP contribution < -0.4 is 10.6 Å². The highest BCUT2D eigenvalue weighted by molar-refractivity contribution is 6.33. The van der Waals surface area contributed by atoms with Crippen LogP contribution in [0.5, 0.6) is 0 Å². The molecule has 154 valence electrons. The number of rotatable bonds is 4. The lowest BCUT2D eigenvalue weighted by atomic mass is 9.96. The maximum atomic E-state index is 13.1. The average Bonchev–Trinajstić information content (AvgIpc) is 3.04. The van der Waals surface area contributed by atoms with Gasteiger partial charge in [0.25, 0.3) is 5.91 Å². The van der Waals surface area contributed by atoms with Gasteiger partial charge in [-0.05, 0) is 67.8 Å². The fraction of sp³-hybridized carbons (Fsp3) is 0.280. The molecule has 0 radical (unpaired) electrons. The molecule has 1 fully saturated rings. The molecule has 1 atom stereocenters. The van der Waals surface area contributed by atoms with Crippen LogP contribution >= 0.6 is 11.6 Å². The second-order valence-electron chi connectivity index (χ2n) is 7.80. The number of halogens is 1. The van der Waals surface area contributed by atoms with Gasteiger partial charge in [0.15, 0.2) is 0 Å². The Morgan fingerprint density at radius 2 is 1.97 bits per heavy atom. The predicted octanol–water partition coefficient (Wildman–Crippen LogP) is 5.82. The van der Waals surface area contributed by atoms with Crippen LogP contribution in [0.4, 0.5) is 5.69 Å². The molecule has 1 unspecified atom stereocenters. The highest BCUT2D eigenvalue weighted by Crippen LogP contribution is 2.32. The third-order valence-electron chi connectivity index (χ3n) is 5.68. The van der Waals surface area contributed by atoms with Gasteiger partial charge in [-0.15, -0.1) is 0 Å². The lowest BCUT2D eigenvalue weighted by Gasteiger charge is -2.18. The first kappa shape index (κ1) is 20.6. The van der Waals surface area contributed by atoms with Crippen LogP contribution in [0.15, 0.2) is 60.8 Å². The normalized spacial score (nSPS) is 16.7. The van der Waals surface area contributed by atoms with Crippen LogP contribution in [0.2, 0.25) is 5.02 Å². The molecule has 2 heterocycles. The van der Waals surface area contributed by atoms with Gasteiger partial charge < -0.3 is 10.6 Å². The maximum absolute atomic E-state index is 13.1. The van der Waals surface area contributed by atoms with Crippen molar-refractivity contribution in [3.63, 3.8) is 0 Å². The lowest BCUT2D eigenvalue weighted by Crippen LogP contribution is -2.22. The standard InChI is InChI=1S/C25H26ClN3O/c1-17-11-12-18(15-21(17)20-8-2-3-9-22(20)26)25(30)29-23-10-6-14-28-24(23)19-7-4-5-13-27-16-19/h2-3,6,8-12,14-15,19,27H,4-5,7,13,16H2,1H3,(H,29,30). The van der Waals surface area contributed by atoms with Gasteiger partial charge in [-0.25, -0.2) is 0 Å². The fourth-order valence-corrected chi connectivity index (χ4v) is 4.27. The summed E-state index contributed by atoms with van der Waals surface area (Å²) < 4.78 is 0. The van der Waals surface area contributed by atoms with Gasteiger partial charge in [0.1, 0.15) is 0 Å². The van der Waals surface area contributed by atoms with Crippen molar-refractivity contribution < 1.29 is 4.79 Å². The summed E-state index contributed by atoms with van der Waals surface area (Å²) in [5, 5.41) is 7.25. The molecule has 1 saturated heterocycles. The van der Waals surface area contributed by atoms with Crippen LogP contribution in [0.3, 0.4) is 0 Å². The van der Waals surface area contributed by atoms with Crippen LogP contribution in [-0.4, -0.2) is 24.0 Å². The van der Waals surface area contributed by atoms with Crippen molar-refractivity contribution in [1.29, 1.82) is 0 Å². The first-order chi connectivity index (χ1) is 14.6. The average molecular weight is 420 g/mol. The summed E-state index contributed by atoms with van der Waals surface area (Å²) in [6, 6.07) is 17.2. The number of hydrogen-bond donors (Lipinski definition) is 2. The molecular weight excluding hydrogens is 394 g/mol. The lowest BCUT2D eigenvalue weighted by molar-refractivity contribution is 0.102. The molecule has 0 bridgehead atoms. The summed E-state index contributed by atoms with van der Waals surface area (Å²) in [6.45, 7) is 3.96. The first-order valence-corrected chi connectivity index (χ1v) is 10.8. The number of pyridine rings is 1. The third-order valence-corrected chi connectivity index (χ3v) is 6.01. The summed E-state index contributed by atoms with van der Waals surface area (Å²) in [5.41, 5.74) is 5.32. The predicted molar refractivity (Wildman–Crippen MR) is 123 cm³/mol. The van der Waals surface area contributed by atoms with E-state index in [1.807, 2.05) is 61.5 Å². The van der Waals surface area contributed by atoms with E-state index in [1.54, 1.807) is 6.20 Å². The Labute approximate surface area is 182 Å². The van der Waals surface area contributed by atoms with Gasteiger partial charge in [-0.3, -0.25) is 9.78 Å². The summed E-state index contributed by atoms with van der Waals surface area (Å²) in [6.07, 6.45) is 5.23. The first-order valence-electron chi connectivity index (χ1n) is 10.5. The quantitative estimate of drug-likeness (QED) is 0.560. The molecular formula is C25H26ClN3O. The van der Waals surface area contributed by atoms with E-state index in [4.69, 9.17) is 11.6 Å². The number of benzene rings is 2. The minimum atomic E-state index is -0.140. The van der Waals surface area contributed by atoms with Crippen LogP contribution in [0.25, 0.3) is 11.1 Å². The van der Waals surface area contributed by atoms with Crippen LogP contribution in [-0.2, 0) is 0 Å². The van der Waals surface area contributed by atoms with Gasteiger partial charge in [0.05, 0.1) is 11.4 Å². The van der Waals surface area contributed by atoms with Crippen molar-refractivity contribution in [2.24, 2.45) is 0 Å². The second-order valence-corrected chi connectivity index (χ2v) is 8.20. The van der Waals surface area contributed by atoms with E-state index in [0.717, 1.165) is 47.6 Å². The zero-order valence-electron chi connectivity index (χ0n) is 17.1. The molecule has 5 heteroatoms. The van der Waals surface area contributed by atoms with E-state index in [2.05, 4.69) is 15.6 Å². The Kier molecular flexibility index (Phi) is 6.46. The van der Waals surface area contributed by atoms with E-state index in [1.165, 1.54) is 12.8 Å². The largest absolute Gasteiger partial charge is 0.320 e. The van der Waals surface area contributed by atoms with Crippen LogP contribution in [0.1, 0.15) is 46.8 Å². The van der Waals surface area contributed by atoms with E-state index in [0.29, 0.717) is 16.5 Å². The van der Waals surface area contributed by atoms with Crippen molar-refractivity contribution >= 4 is 23.2 Å². The summed E-state index contributed by atoms with van der Waals surface area (Å²) >= 11 is 6.40. The molecule has 2 N–H and O–H groups in total. The van der Waals surface area contributed by atoms with Gasteiger partial charge in [-0.2, -0.15) is 0 Å². The van der Waals surface area contributed by atoms with Crippen LogP contribution in [0, 0.1) is 6.92 Å². The molecule has 4 nitrogen and oxygen atoms in total. The van der Waals surface area contributed by atoms with E-state index < -0.39 is 0 Å². The Hall–Kier alpha value is -2.69. The molecule has 1 aromatic heterocycles. The smallest absolute Gasteiger partial charge is 0.255 e. The number of nitrogens with zero attached hydrogens (tertiary/aromatic N) is 1. The van der Waals surface area contributed by atoms with Crippen molar-refractivity contribution in [3.8, 4) is 11.1 Å². The molecule has 1 amide bonds. The number of hydrogen-bond acceptors (Lipinski definition) is 3. The number of carbonyl (C=O) groups excluding carboxylic acids is 1. The third kappa shape index (κ3) is 4.55. The molecule has 0 aliphatic carbocycles. The maximum Gasteiger partial charge on any atom is 0.255 e. The van der Waals surface area contributed by atoms with Crippen molar-refractivity contribution in [3.05, 3.63) is 82.6 Å². The summed E-state index contributed by atoms with van der Waals surface area (Å²) in [4.78, 5) is 17.7. The van der Waals surface area contributed by atoms with E-state index in [-0.39, 0.29) is 5.91 Å². The summed E-state index contributed by atoms with van der Waals surface area (Å²) in [5.74, 6) is 0.167. The molecule has 30 heavy (non-hydrogen) atoms. The topological polar surface area (TPSA) is 54.0 Å². The molecule has 2 aromatic carbocycles. The number of anilines is 1. The van der Waals surface area contributed by atoms with Gasteiger partial charge in [0, 0.05) is 34.8 Å². The number of amides is 1. The molecule has 4 rings (SSSR count). The summed E-state index contributed by atoms with van der Waals surface area (Å²) in [7, 11) is 0. The van der Waals surface area contributed by atoms with Gasteiger partial charge in [0.2, 0.25) is 0 Å². The molecule has 0 saturated carbocycles. The number of nitrogens with one attached hydrogen (secondary N) is 2. The number of aromatic nitrogens is 1. The SMILES string of the molecule is Cc1ccc(C(=O)Nc2cccnc2C2CCCCNC2)cc1-c1ccccc1Cl. The number of carbonyl (C=O) groups is 1. The second kappa shape index (κ2) is 9.41. The Balaban J connectivity index is 1.61. The fourth-order valence-electron chi connectivity index (χ4n) is 4.03. The molecule has 1 aliphatic rings. The number of aryl methyl sites for hydroxylation is 1. The molecule has 0 spiro atoms. The Morgan fingerprint density at radius 1 is 1.10 bits per heavy atom. The molecule has 3 aromatic rings. The minimum Gasteiger partial charge on any atom is -0.320 e. The Bertz CT molecular complexity index is 1040. The van der Waals surface area contributed by atoms with Crippen molar-refractivity contribution in [1.82, 2.24) is 10.3 Å². The monoisotopic (exact) mass is 419 g/mol.